The highest BCUT2D eigenvalue weighted by atomic mass is 16.2. The average Bonchev–Trinajstić information content (AvgIpc) is 3.02. The number of hydrogen-bond acceptors (Lipinski definition) is 4. The molecule has 6 heteroatoms. The summed E-state index contributed by atoms with van der Waals surface area (Å²) < 4.78 is 0. The van der Waals surface area contributed by atoms with Gasteiger partial charge in [0, 0.05) is 57.1 Å². The number of nitrogens with zero attached hydrogens (tertiary/aromatic N) is 3. The minimum Gasteiger partial charge on any atom is -0.369 e. The summed E-state index contributed by atoms with van der Waals surface area (Å²) in [4.78, 5) is 31.2. The van der Waals surface area contributed by atoms with E-state index in [1.807, 2.05) is 17.0 Å². The molecule has 2 aliphatic heterocycles. The van der Waals surface area contributed by atoms with Crippen LogP contribution in [0.1, 0.15) is 26.7 Å². The van der Waals surface area contributed by atoms with Crippen LogP contribution in [0.5, 0.6) is 0 Å². The normalized spacial score (nSPS) is 21.2. The van der Waals surface area contributed by atoms with Gasteiger partial charge in [0.2, 0.25) is 11.8 Å². The topological polar surface area (TPSA) is 55.9 Å². The summed E-state index contributed by atoms with van der Waals surface area (Å²) in [5.41, 5.74) is 1.99. The molecule has 2 fully saturated rings. The predicted octanol–water partition coefficient (Wildman–Crippen LogP) is 2.27. The Hall–Kier alpha value is -2.08. The second kappa shape index (κ2) is 8.74. The second-order valence-corrected chi connectivity index (χ2v) is 8.25. The molecule has 2 aliphatic rings. The summed E-state index contributed by atoms with van der Waals surface area (Å²) in [5, 5.41) is 2.98. The van der Waals surface area contributed by atoms with E-state index in [0.717, 1.165) is 44.8 Å². The number of amides is 2. The molecule has 0 bridgehead atoms. The van der Waals surface area contributed by atoms with Crippen LogP contribution in [0.4, 0.5) is 11.4 Å². The van der Waals surface area contributed by atoms with Gasteiger partial charge < -0.3 is 20.0 Å². The van der Waals surface area contributed by atoms with Crippen molar-refractivity contribution in [3.05, 3.63) is 24.3 Å². The summed E-state index contributed by atoms with van der Waals surface area (Å²) in [6.45, 7) is 9.78. The van der Waals surface area contributed by atoms with Gasteiger partial charge in [-0.2, -0.15) is 0 Å². The molecule has 1 atom stereocenters. The van der Waals surface area contributed by atoms with Crippen molar-refractivity contribution >= 4 is 23.2 Å². The number of likely N-dealkylation sites (N-methyl/N-ethyl adjacent to an activating group) is 1. The molecule has 0 saturated carbocycles. The minimum atomic E-state index is -0.248. The molecule has 0 spiro atoms. The van der Waals surface area contributed by atoms with E-state index in [9.17, 15) is 9.59 Å². The van der Waals surface area contributed by atoms with E-state index in [1.165, 1.54) is 5.69 Å². The van der Waals surface area contributed by atoms with Gasteiger partial charge in [-0.1, -0.05) is 13.8 Å². The molecular formula is C21H32N4O2. The first kappa shape index (κ1) is 19.7. The van der Waals surface area contributed by atoms with Crippen LogP contribution in [-0.2, 0) is 9.59 Å². The SMILES string of the molecule is CC(C)CCN1CC(C(=O)Nc2ccc(N3CCN(C)CC3)cc2)CC1=O. The van der Waals surface area contributed by atoms with E-state index in [2.05, 4.69) is 48.1 Å². The van der Waals surface area contributed by atoms with Crippen LogP contribution in [0.2, 0.25) is 0 Å². The third kappa shape index (κ3) is 5.22. The highest BCUT2D eigenvalue weighted by Gasteiger charge is 2.34. The molecule has 3 rings (SSSR count). The highest BCUT2D eigenvalue weighted by Crippen LogP contribution is 2.23. The number of anilines is 2. The van der Waals surface area contributed by atoms with Crippen molar-refractivity contribution in [2.45, 2.75) is 26.7 Å². The Labute approximate surface area is 162 Å². The maximum Gasteiger partial charge on any atom is 0.229 e. The molecule has 2 heterocycles. The quantitative estimate of drug-likeness (QED) is 0.832. The Kier molecular flexibility index (Phi) is 6.37. The Morgan fingerprint density at radius 1 is 1.15 bits per heavy atom. The van der Waals surface area contributed by atoms with Gasteiger partial charge >= 0.3 is 0 Å². The van der Waals surface area contributed by atoms with Gasteiger partial charge in [0.15, 0.2) is 0 Å². The first-order valence-corrected chi connectivity index (χ1v) is 10.0. The lowest BCUT2D eigenvalue weighted by atomic mass is 10.1. The predicted molar refractivity (Wildman–Crippen MR) is 109 cm³/mol. The molecular weight excluding hydrogens is 340 g/mol. The van der Waals surface area contributed by atoms with E-state index in [1.54, 1.807) is 0 Å². The van der Waals surface area contributed by atoms with Crippen LogP contribution in [-0.4, -0.2) is 67.9 Å². The van der Waals surface area contributed by atoms with Gasteiger partial charge in [-0.15, -0.1) is 0 Å². The number of hydrogen-bond donors (Lipinski definition) is 1. The molecule has 1 N–H and O–H groups in total. The van der Waals surface area contributed by atoms with Gasteiger partial charge in [0.05, 0.1) is 5.92 Å². The van der Waals surface area contributed by atoms with Crippen LogP contribution in [0.25, 0.3) is 0 Å². The summed E-state index contributed by atoms with van der Waals surface area (Å²) in [5.74, 6) is 0.357. The van der Waals surface area contributed by atoms with E-state index in [4.69, 9.17) is 0 Å². The second-order valence-electron chi connectivity index (χ2n) is 8.25. The van der Waals surface area contributed by atoms with Crippen LogP contribution < -0.4 is 10.2 Å². The Morgan fingerprint density at radius 3 is 2.44 bits per heavy atom. The number of likely N-dealkylation sites (tertiary alicyclic amines) is 1. The van der Waals surface area contributed by atoms with Gasteiger partial charge in [-0.05, 0) is 43.7 Å². The van der Waals surface area contributed by atoms with E-state index in [-0.39, 0.29) is 17.7 Å². The molecule has 148 valence electrons. The van der Waals surface area contributed by atoms with Crippen molar-refractivity contribution in [2.24, 2.45) is 11.8 Å². The largest absolute Gasteiger partial charge is 0.369 e. The average molecular weight is 373 g/mol. The number of rotatable bonds is 6. The van der Waals surface area contributed by atoms with Crippen LogP contribution in [0.3, 0.4) is 0 Å². The van der Waals surface area contributed by atoms with Crippen LogP contribution in [0, 0.1) is 11.8 Å². The Balaban J connectivity index is 1.51. The van der Waals surface area contributed by atoms with Crippen molar-refractivity contribution < 1.29 is 9.59 Å². The molecule has 2 amide bonds. The molecule has 1 aromatic rings. The fourth-order valence-electron chi connectivity index (χ4n) is 3.64. The monoisotopic (exact) mass is 372 g/mol. The third-order valence-electron chi connectivity index (χ3n) is 5.56. The van der Waals surface area contributed by atoms with Gasteiger partial charge in [-0.3, -0.25) is 9.59 Å². The zero-order valence-corrected chi connectivity index (χ0v) is 16.8. The van der Waals surface area contributed by atoms with Gasteiger partial charge in [0.1, 0.15) is 0 Å². The number of carbonyl (C=O) groups is 2. The summed E-state index contributed by atoms with van der Waals surface area (Å²) in [7, 11) is 2.15. The van der Waals surface area contributed by atoms with Crippen molar-refractivity contribution in [1.82, 2.24) is 9.80 Å². The lowest BCUT2D eigenvalue weighted by Gasteiger charge is -2.34. The van der Waals surface area contributed by atoms with E-state index >= 15 is 0 Å². The number of nitrogens with one attached hydrogen (secondary N) is 1. The zero-order chi connectivity index (χ0) is 19.4. The number of carbonyl (C=O) groups excluding carboxylic acids is 2. The maximum atomic E-state index is 12.6. The molecule has 6 nitrogen and oxygen atoms in total. The third-order valence-corrected chi connectivity index (χ3v) is 5.56. The molecule has 0 aliphatic carbocycles. The smallest absolute Gasteiger partial charge is 0.229 e. The van der Waals surface area contributed by atoms with Crippen molar-refractivity contribution in [2.75, 3.05) is 56.5 Å². The number of piperazine rings is 1. The Bertz CT molecular complexity index is 651. The molecule has 27 heavy (non-hydrogen) atoms. The molecule has 0 aromatic heterocycles. The summed E-state index contributed by atoms with van der Waals surface area (Å²) in [6, 6.07) is 8.04. The van der Waals surface area contributed by atoms with Crippen molar-refractivity contribution in [1.29, 1.82) is 0 Å². The maximum absolute atomic E-state index is 12.6. The first-order valence-electron chi connectivity index (χ1n) is 10.0. The Morgan fingerprint density at radius 2 is 1.81 bits per heavy atom. The number of benzene rings is 1. The fraction of sp³-hybridized carbons (Fsp3) is 0.619. The molecule has 1 aromatic carbocycles. The van der Waals surface area contributed by atoms with Gasteiger partial charge in [0.25, 0.3) is 0 Å². The van der Waals surface area contributed by atoms with Gasteiger partial charge in [-0.25, -0.2) is 0 Å². The van der Waals surface area contributed by atoms with Crippen LogP contribution >= 0.6 is 0 Å². The highest BCUT2D eigenvalue weighted by molar-refractivity contribution is 5.97. The standard InChI is InChI=1S/C21H32N4O2/c1-16(2)8-9-25-15-17(14-20(25)26)21(27)22-18-4-6-19(7-5-18)24-12-10-23(3)11-13-24/h4-7,16-17H,8-15H2,1-3H3,(H,22,27). The van der Waals surface area contributed by atoms with Crippen LogP contribution in [0.15, 0.2) is 24.3 Å². The van der Waals surface area contributed by atoms with E-state index < -0.39 is 0 Å². The molecule has 0 radical (unpaired) electrons. The lowest BCUT2D eigenvalue weighted by Crippen LogP contribution is -2.44. The molecule has 2 saturated heterocycles. The lowest BCUT2D eigenvalue weighted by molar-refractivity contribution is -0.128. The summed E-state index contributed by atoms with van der Waals surface area (Å²) in [6.07, 6.45) is 1.30. The van der Waals surface area contributed by atoms with E-state index in [0.29, 0.717) is 18.9 Å². The minimum absolute atomic E-state index is 0.0530. The van der Waals surface area contributed by atoms with Crippen molar-refractivity contribution in [3.8, 4) is 0 Å². The first-order chi connectivity index (χ1) is 12.9. The molecule has 1 unspecified atom stereocenters. The summed E-state index contributed by atoms with van der Waals surface area (Å²) >= 11 is 0. The zero-order valence-electron chi connectivity index (χ0n) is 16.8. The van der Waals surface area contributed by atoms with Crippen molar-refractivity contribution in [3.63, 3.8) is 0 Å². The fourth-order valence-corrected chi connectivity index (χ4v) is 3.64.